The summed E-state index contributed by atoms with van der Waals surface area (Å²) in [4.78, 5) is 35.7. The maximum Gasteiger partial charge on any atom is 0.311 e. The highest BCUT2D eigenvalue weighted by molar-refractivity contribution is 6.00. The molecule has 0 saturated carbocycles. The summed E-state index contributed by atoms with van der Waals surface area (Å²) in [5, 5.41) is 2.65. The van der Waals surface area contributed by atoms with E-state index in [4.69, 9.17) is 4.74 Å². The summed E-state index contributed by atoms with van der Waals surface area (Å²) in [6.07, 6.45) is 3.20. The van der Waals surface area contributed by atoms with Gasteiger partial charge >= 0.3 is 5.97 Å². The molecule has 1 aromatic rings. The minimum Gasteiger partial charge on any atom is -0.454 e. The molecular weight excluding hydrogens is 294 g/mol. The van der Waals surface area contributed by atoms with Gasteiger partial charge in [-0.25, -0.2) is 0 Å². The molecule has 0 aromatic heterocycles. The van der Waals surface area contributed by atoms with E-state index in [9.17, 15) is 14.4 Å². The second kappa shape index (κ2) is 6.52. The van der Waals surface area contributed by atoms with Crippen LogP contribution in [0.3, 0.4) is 0 Å². The quantitative estimate of drug-likeness (QED) is 0.679. The number of carbonyl (C=O) groups excluding carboxylic acids is 3. The first-order valence-corrected chi connectivity index (χ1v) is 8.18. The van der Waals surface area contributed by atoms with Crippen LogP contribution in [0.5, 0.6) is 0 Å². The molecule has 1 aliphatic heterocycles. The Labute approximate surface area is 135 Å². The lowest BCUT2D eigenvalue weighted by Gasteiger charge is -2.22. The van der Waals surface area contributed by atoms with Gasteiger partial charge in [0.15, 0.2) is 6.10 Å². The average molecular weight is 315 g/mol. The number of carbonyl (C=O) groups is 3. The van der Waals surface area contributed by atoms with Crippen LogP contribution in [0.15, 0.2) is 18.2 Å². The third-order valence-corrected chi connectivity index (χ3v) is 4.64. The Balaban J connectivity index is 1.61. The van der Waals surface area contributed by atoms with E-state index < -0.39 is 12.1 Å². The van der Waals surface area contributed by atoms with Crippen molar-refractivity contribution in [3.05, 3.63) is 34.9 Å². The molecule has 122 valence electrons. The van der Waals surface area contributed by atoms with Crippen molar-refractivity contribution < 1.29 is 19.1 Å². The van der Waals surface area contributed by atoms with E-state index >= 15 is 0 Å². The van der Waals surface area contributed by atoms with E-state index in [1.165, 1.54) is 11.1 Å². The molecule has 1 N–H and O–H groups in total. The van der Waals surface area contributed by atoms with Crippen LogP contribution in [-0.2, 0) is 27.2 Å². The van der Waals surface area contributed by atoms with E-state index in [1.54, 1.807) is 6.92 Å². The lowest BCUT2D eigenvalue weighted by molar-refractivity contribution is -0.152. The SMILES string of the molecule is CC(OC(=O)C1CCC(=O)NC1)C(=O)c1ccc2c(c1)CCC2. The number of ether oxygens (including phenoxy) is 1. The Morgan fingerprint density at radius 1 is 1.22 bits per heavy atom. The van der Waals surface area contributed by atoms with Gasteiger partial charge in [0.1, 0.15) is 0 Å². The first kappa shape index (κ1) is 15.7. The molecule has 5 nitrogen and oxygen atoms in total. The van der Waals surface area contributed by atoms with Gasteiger partial charge in [-0.15, -0.1) is 0 Å². The van der Waals surface area contributed by atoms with Crippen molar-refractivity contribution in [3.63, 3.8) is 0 Å². The molecule has 2 atom stereocenters. The predicted molar refractivity (Wildman–Crippen MR) is 84.1 cm³/mol. The molecule has 1 saturated heterocycles. The Bertz CT molecular complexity index is 642. The van der Waals surface area contributed by atoms with Crippen molar-refractivity contribution in [2.75, 3.05) is 6.54 Å². The van der Waals surface area contributed by atoms with Crippen LogP contribution in [0.4, 0.5) is 0 Å². The van der Waals surface area contributed by atoms with Crippen molar-refractivity contribution in [2.45, 2.75) is 45.1 Å². The monoisotopic (exact) mass is 315 g/mol. The molecule has 1 amide bonds. The van der Waals surface area contributed by atoms with Gasteiger partial charge in [0.05, 0.1) is 5.92 Å². The van der Waals surface area contributed by atoms with Gasteiger partial charge in [-0.3, -0.25) is 14.4 Å². The Hall–Kier alpha value is -2.17. The fourth-order valence-electron chi connectivity index (χ4n) is 3.22. The predicted octanol–water partition coefficient (Wildman–Crippen LogP) is 1.82. The van der Waals surface area contributed by atoms with Gasteiger partial charge in [-0.2, -0.15) is 0 Å². The standard InChI is InChI=1S/C18H21NO4/c1-11(23-18(22)15-7-8-16(20)19-10-15)17(21)14-6-5-12-3-2-4-13(12)9-14/h5-6,9,11,15H,2-4,7-8,10H2,1H3,(H,19,20). The fourth-order valence-corrected chi connectivity index (χ4v) is 3.22. The van der Waals surface area contributed by atoms with E-state index in [0.717, 1.165) is 19.3 Å². The number of benzene rings is 1. The fraction of sp³-hybridized carbons (Fsp3) is 0.500. The summed E-state index contributed by atoms with van der Waals surface area (Å²) in [5.41, 5.74) is 3.14. The molecule has 2 unspecified atom stereocenters. The molecule has 0 spiro atoms. The molecule has 1 aromatic carbocycles. The van der Waals surface area contributed by atoms with Crippen LogP contribution < -0.4 is 5.32 Å². The van der Waals surface area contributed by atoms with E-state index in [2.05, 4.69) is 5.32 Å². The molecule has 1 heterocycles. The van der Waals surface area contributed by atoms with E-state index in [1.807, 2.05) is 18.2 Å². The Morgan fingerprint density at radius 3 is 2.74 bits per heavy atom. The van der Waals surface area contributed by atoms with Crippen LogP contribution >= 0.6 is 0 Å². The normalized spacial score (nSPS) is 21.3. The van der Waals surface area contributed by atoms with Crippen LogP contribution in [-0.4, -0.2) is 30.3 Å². The third-order valence-electron chi connectivity index (χ3n) is 4.64. The van der Waals surface area contributed by atoms with Gasteiger partial charge in [-0.1, -0.05) is 12.1 Å². The topological polar surface area (TPSA) is 72.5 Å². The molecule has 0 radical (unpaired) electrons. The molecule has 0 bridgehead atoms. The molecule has 3 rings (SSSR count). The molecule has 23 heavy (non-hydrogen) atoms. The van der Waals surface area contributed by atoms with Gasteiger partial charge in [0.25, 0.3) is 0 Å². The Morgan fingerprint density at radius 2 is 2.00 bits per heavy atom. The number of aryl methyl sites for hydroxylation is 2. The lowest BCUT2D eigenvalue weighted by atomic mass is 9.99. The number of fused-ring (bicyclic) bond motifs is 1. The average Bonchev–Trinajstić information content (AvgIpc) is 3.02. The zero-order chi connectivity index (χ0) is 16.4. The molecule has 5 heteroatoms. The summed E-state index contributed by atoms with van der Waals surface area (Å²) < 4.78 is 5.32. The number of hydrogen-bond donors (Lipinski definition) is 1. The summed E-state index contributed by atoms with van der Waals surface area (Å²) in [6, 6.07) is 5.74. The van der Waals surface area contributed by atoms with Crippen molar-refractivity contribution in [2.24, 2.45) is 5.92 Å². The van der Waals surface area contributed by atoms with Crippen molar-refractivity contribution in [3.8, 4) is 0 Å². The zero-order valence-corrected chi connectivity index (χ0v) is 13.3. The highest BCUT2D eigenvalue weighted by atomic mass is 16.5. The van der Waals surface area contributed by atoms with Gasteiger partial charge < -0.3 is 10.1 Å². The molecule has 2 aliphatic rings. The van der Waals surface area contributed by atoms with Crippen molar-refractivity contribution in [1.29, 1.82) is 0 Å². The van der Waals surface area contributed by atoms with Crippen LogP contribution in [0.2, 0.25) is 0 Å². The molecular formula is C18H21NO4. The number of esters is 1. The summed E-state index contributed by atoms with van der Waals surface area (Å²) in [6.45, 7) is 1.90. The second-order valence-electron chi connectivity index (χ2n) is 6.32. The Kier molecular flexibility index (Phi) is 4.46. The minimum atomic E-state index is -0.806. The number of piperidine rings is 1. The number of nitrogens with one attached hydrogen (secondary N) is 1. The van der Waals surface area contributed by atoms with Gasteiger partial charge in [0, 0.05) is 18.5 Å². The highest BCUT2D eigenvalue weighted by Crippen LogP contribution is 2.24. The number of Topliss-reactive ketones (excluding diaryl/α,β-unsaturated/α-hetero) is 1. The lowest BCUT2D eigenvalue weighted by Crippen LogP contribution is -2.40. The summed E-state index contributed by atoms with van der Waals surface area (Å²) in [7, 11) is 0. The number of hydrogen-bond acceptors (Lipinski definition) is 4. The first-order chi connectivity index (χ1) is 11.0. The second-order valence-corrected chi connectivity index (χ2v) is 6.32. The smallest absolute Gasteiger partial charge is 0.311 e. The van der Waals surface area contributed by atoms with Crippen LogP contribution in [0.25, 0.3) is 0 Å². The van der Waals surface area contributed by atoms with Gasteiger partial charge in [0.2, 0.25) is 11.7 Å². The van der Waals surface area contributed by atoms with Crippen LogP contribution in [0.1, 0.15) is 47.7 Å². The number of amides is 1. The maximum absolute atomic E-state index is 12.5. The molecule has 1 fully saturated rings. The number of rotatable bonds is 4. The zero-order valence-electron chi connectivity index (χ0n) is 13.3. The summed E-state index contributed by atoms with van der Waals surface area (Å²) in [5.74, 6) is -0.987. The van der Waals surface area contributed by atoms with E-state index in [-0.39, 0.29) is 24.2 Å². The van der Waals surface area contributed by atoms with E-state index in [0.29, 0.717) is 18.4 Å². The first-order valence-electron chi connectivity index (χ1n) is 8.18. The largest absolute Gasteiger partial charge is 0.454 e. The number of ketones is 1. The highest BCUT2D eigenvalue weighted by Gasteiger charge is 2.29. The van der Waals surface area contributed by atoms with Crippen molar-refractivity contribution >= 4 is 17.7 Å². The van der Waals surface area contributed by atoms with Gasteiger partial charge in [-0.05, 0) is 49.8 Å². The third kappa shape index (κ3) is 3.44. The van der Waals surface area contributed by atoms with Crippen molar-refractivity contribution in [1.82, 2.24) is 5.32 Å². The molecule has 1 aliphatic carbocycles. The minimum absolute atomic E-state index is 0.0451. The maximum atomic E-state index is 12.5. The summed E-state index contributed by atoms with van der Waals surface area (Å²) >= 11 is 0. The van der Waals surface area contributed by atoms with Crippen LogP contribution in [0, 0.1) is 5.92 Å².